The Kier molecular flexibility index (Phi) is 7.40. The molecule has 0 fully saturated rings. The molecule has 0 radical (unpaired) electrons. The SMILES string of the molecule is CCOC(=O)c1ccc(N2C(=O)C(Cl)=C(Nc3ccc(C(=O)Oc4ccc(C)c(C)c4)cc3)C2=O)cc1. The Bertz CT molecular complexity index is 1430. The summed E-state index contributed by atoms with van der Waals surface area (Å²) in [6.07, 6.45) is 0. The van der Waals surface area contributed by atoms with Crippen LogP contribution in [-0.2, 0) is 14.3 Å². The van der Waals surface area contributed by atoms with Crippen LogP contribution in [0.15, 0.2) is 77.5 Å². The predicted molar refractivity (Wildman–Crippen MR) is 139 cm³/mol. The second-order valence-corrected chi connectivity index (χ2v) is 8.62. The molecule has 4 rings (SSSR count). The number of halogens is 1. The van der Waals surface area contributed by atoms with E-state index in [2.05, 4.69) is 5.32 Å². The van der Waals surface area contributed by atoms with Crippen LogP contribution in [0.1, 0.15) is 38.8 Å². The quantitative estimate of drug-likeness (QED) is 0.262. The van der Waals surface area contributed by atoms with Crippen molar-refractivity contribution < 1.29 is 28.7 Å². The van der Waals surface area contributed by atoms with Crippen molar-refractivity contribution in [1.29, 1.82) is 0 Å². The molecule has 0 aliphatic carbocycles. The van der Waals surface area contributed by atoms with Gasteiger partial charge in [-0.25, -0.2) is 14.5 Å². The molecule has 3 aromatic carbocycles. The molecule has 0 saturated carbocycles. The number of carbonyl (C=O) groups is 4. The first-order valence-electron chi connectivity index (χ1n) is 11.4. The third-order valence-electron chi connectivity index (χ3n) is 5.74. The lowest BCUT2D eigenvalue weighted by molar-refractivity contribution is -0.120. The minimum Gasteiger partial charge on any atom is -0.462 e. The van der Waals surface area contributed by atoms with Crippen molar-refractivity contribution in [1.82, 2.24) is 0 Å². The van der Waals surface area contributed by atoms with Gasteiger partial charge in [-0.2, -0.15) is 0 Å². The normalized spacial score (nSPS) is 13.1. The average molecular weight is 519 g/mol. The van der Waals surface area contributed by atoms with Crippen molar-refractivity contribution in [2.24, 2.45) is 0 Å². The number of hydrogen-bond acceptors (Lipinski definition) is 7. The van der Waals surface area contributed by atoms with Crippen LogP contribution >= 0.6 is 11.6 Å². The zero-order valence-corrected chi connectivity index (χ0v) is 21.1. The van der Waals surface area contributed by atoms with Gasteiger partial charge in [0.05, 0.1) is 23.4 Å². The number of esters is 2. The van der Waals surface area contributed by atoms with Gasteiger partial charge in [-0.1, -0.05) is 17.7 Å². The topological polar surface area (TPSA) is 102 Å². The smallest absolute Gasteiger partial charge is 0.343 e. The number of aryl methyl sites for hydroxylation is 2. The standard InChI is InChI=1S/C28H23ClN2O6/c1-4-36-27(34)18-8-12-21(13-9-18)31-25(32)23(29)24(26(31)33)30-20-10-6-19(7-11-20)28(35)37-22-14-5-16(2)17(3)15-22/h5-15,30H,4H2,1-3H3. The molecule has 37 heavy (non-hydrogen) atoms. The maximum atomic E-state index is 13.0. The van der Waals surface area contributed by atoms with E-state index in [-0.39, 0.29) is 23.0 Å². The van der Waals surface area contributed by atoms with Crippen molar-refractivity contribution in [3.05, 3.63) is 99.7 Å². The summed E-state index contributed by atoms with van der Waals surface area (Å²) in [5, 5.41) is 2.58. The van der Waals surface area contributed by atoms with Gasteiger partial charge in [0.15, 0.2) is 0 Å². The summed E-state index contributed by atoms with van der Waals surface area (Å²) in [4.78, 5) is 51.0. The lowest BCUT2D eigenvalue weighted by atomic mass is 10.1. The highest BCUT2D eigenvalue weighted by Gasteiger charge is 2.39. The molecule has 1 heterocycles. The lowest BCUT2D eigenvalue weighted by Crippen LogP contribution is -2.32. The molecule has 1 N–H and O–H groups in total. The molecule has 1 aliphatic heterocycles. The Hall–Kier alpha value is -4.43. The number of hydrogen-bond donors (Lipinski definition) is 1. The average Bonchev–Trinajstić information content (AvgIpc) is 3.10. The van der Waals surface area contributed by atoms with E-state index in [0.29, 0.717) is 22.6 Å². The summed E-state index contributed by atoms with van der Waals surface area (Å²) in [5.41, 5.74) is 3.29. The fourth-order valence-electron chi connectivity index (χ4n) is 3.58. The lowest BCUT2D eigenvalue weighted by Gasteiger charge is -2.15. The third-order valence-corrected chi connectivity index (χ3v) is 6.09. The molecule has 3 aromatic rings. The molecule has 1 aliphatic rings. The number of anilines is 2. The Balaban J connectivity index is 1.45. The monoisotopic (exact) mass is 518 g/mol. The highest BCUT2D eigenvalue weighted by molar-refractivity contribution is 6.53. The molecule has 188 valence electrons. The first-order valence-corrected chi connectivity index (χ1v) is 11.8. The Morgan fingerprint density at radius 3 is 2.08 bits per heavy atom. The van der Waals surface area contributed by atoms with E-state index in [0.717, 1.165) is 16.0 Å². The number of benzene rings is 3. The van der Waals surface area contributed by atoms with E-state index in [4.69, 9.17) is 21.1 Å². The summed E-state index contributed by atoms with van der Waals surface area (Å²) in [6.45, 7) is 5.83. The van der Waals surface area contributed by atoms with Crippen LogP contribution in [-0.4, -0.2) is 30.4 Å². The van der Waals surface area contributed by atoms with E-state index in [1.807, 2.05) is 19.9 Å². The van der Waals surface area contributed by atoms with Gasteiger partial charge in [0.1, 0.15) is 16.5 Å². The summed E-state index contributed by atoms with van der Waals surface area (Å²) >= 11 is 6.19. The number of nitrogens with zero attached hydrogens (tertiary/aromatic N) is 1. The van der Waals surface area contributed by atoms with Gasteiger partial charge >= 0.3 is 11.9 Å². The van der Waals surface area contributed by atoms with Crippen molar-refractivity contribution in [2.45, 2.75) is 20.8 Å². The van der Waals surface area contributed by atoms with Crippen molar-refractivity contribution in [3.63, 3.8) is 0 Å². The van der Waals surface area contributed by atoms with Crippen LogP contribution < -0.4 is 15.0 Å². The summed E-state index contributed by atoms with van der Waals surface area (Å²) < 4.78 is 10.4. The van der Waals surface area contributed by atoms with E-state index in [9.17, 15) is 19.2 Å². The van der Waals surface area contributed by atoms with Gasteiger partial charge in [0, 0.05) is 5.69 Å². The Labute approximate surface area is 218 Å². The van der Waals surface area contributed by atoms with Crippen LogP contribution in [0, 0.1) is 13.8 Å². The fraction of sp³-hybridized carbons (Fsp3) is 0.143. The van der Waals surface area contributed by atoms with Crippen LogP contribution in [0.25, 0.3) is 0 Å². The molecule has 0 unspecified atom stereocenters. The summed E-state index contributed by atoms with van der Waals surface area (Å²) in [7, 11) is 0. The maximum Gasteiger partial charge on any atom is 0.343 e. The zero-order valence-electron chi connectivity index (χ0n) is 20.3. The largest absolute Gasteiger partial charge is 0.462 e. The van der Waals surface area contributed by atoms with E-state index < -0.39 is 23.8 Å². The van der Waals surface area contributed by atoms with E-state index in [1.165, 1.54) is 36.4 Å². The molecule has 0 atom stereocenters. The minimum absolute atomic E-state index is 0.105. The van der Waals surface area contributed by atoms with Gasteiger partial charge in [-0.05, 0) is 92.6 Å². The van der Waals surface area contributed by atoms with Gasteiger partial charge < -0.3 is 14.8 Å². The fourth-order valence-corrected chi connectivity index (χ4v) is 3.80. The maximum absolute atomic E-state index is 13.0. The second-order valence-electron chi connectivity index (χ2n) is 8.24. The molecule has 0 spiro atoms. The second kappa shape index (κ2) is 10.7. The van der Waals surface area contributed by atoms with Crippen LogP contribution in [0.5, 0.6) is 5.75 Å². The van der Waals surface area contributed by atoms with E-state index >= 15 is 0 Å². The van der Waals surface area contributed by atoms with Gasteiger partial charge in [0.25, 0.3) is 11.8 Å². The van der Waals surface area contributed by atoms with Gasteiger partial charge in [-0.15, -0.1) is 0 Å². The Morgan fingerprint density at radius 2 is 1.46 bits per heavy atom. The van der Waals surface area contributed by atoms with Crippen molar-refractivity contribution in [2.75, 3.05) is 16.8 Å². The zero-order chi connectivity index (χ0) is 26.7. The highest BCUT2D eigenvalue weighted by Crippen LogP contribution is 2.30. The molecule has 0 saturated heterocycles. The number of imide groups is 1. The third kappa shape index (κ3) is 5.39. The van der Waals surface area contributed by atoms with Crippen LogP contribution in [0.3, 0.4) is 0 Å². The van der Waals surface area contributed by atoms with Gasteiger partial charge in [-0.3, -0.25) is 9.59 Å². The molecule has 9 heteroatoms. The van der Waals surface area contributed by atoms with Gasteiger partial charge in [0.2, 0.25) is 0 Å². The molecular formula is C28H23ClN2O6. The number of carbonyl (C=O) groups excluding carboxylic acids is 4. The van der Waals surface area contributed by atoms with Crippen molar-refractivity contribution in [3.8, 4) is 5.75 Å². The first kappa shape index (κ1) is 25.7. The van der Waals surface area contributed by atoms with Crippen molar-refractivity contribution >= 4 is 46.7 Å². The molecule has 8 nitrogen and oxygen atoms in total. The number of nitrogens with one attached hydrogen (secondary N) is 1. The molecule has 0 aromatic heterocycles. The Morgan fingerprint density at radius 1 is 0.838 bits per heavy atom. The summed E-state index contributed by atoms with van der Waals surface area (Å²) in [6, 6.07) is 17.5. The molecule has 2 amide bonds. The minimum atomic E-state index is -0.702. The first-order chi connectivity index (χ1) is 17.7. The van der Waals surface area contributed by atoms with Crippen LogP contribution in [0.2, 0.25) is 0 Å². The number of rotatable bonds is 7. The van der Waals surface area contributed by atoms with E-state index in [1.54, 1.807) is 31.2 Å². The molecule has 0 bridgehead atoms. The number of amides is 2. The highest BCUT2D eigenvalue weighted by atomic mass is 35.5. The molecular weight excluding hydrogens is 496 g/mol. The summed E-state index contributed by atoms with van der Waals surface area (Å²) in [5.74, 6) is -1.95. The van der Waals surface area contributed by atoms with Crippen LogP contribution in [0.4, 0.5) is 11.4 Å². The number of ether oxygens (including phenoxy) is 2. The predicted octanol–water partition coefficient (Wildman–Crippen LogP) is 5.14.